The van der Waals surface area contributed by atoms with Gasteiger partial charge in [0.1, 0.15) is 0 Å². The van der Waals surface area contributed by atoms with Crippen LogP contribution in [0.25, 0.3) is 10.2 Å². The van der Waals surface area contributed by atoms with Crippen molar-refractivity contribution in [2.45, 2.75) is 13.8 Å². The van der Waals surface area contributed by atoms with Crippen LogP contribution in [0, 0.1) is 13.8 Å². The molecule has 0 radical (unpaired) electrons. The van der Waals surface area contributed by atoms with Gasteiger partial charge in [-0.2, -0.15) is 0 Å². The van der Waals surface area contributed by atoms with E-state index in [1.165, 1.54) is 7.69 Å². The van der Waals surface area contributed by atoms with Gasteiger partial charge in [0.05, 0.1) is 0 Å². The van der Waals surface area contributed by atoms with Gasteiger partial charge >= 0.3 is 98.3 Å². The molecule has 62 valence electrons. The van der Waals surface area contributed by atoms with Crippen LogP contribution in [0.3, 0.4) is 0 Å². The first-order chi connectivity index (χ1) is 6.11. The van der Waals surface area contributed by atoms with Crippen molar-refractivity contribution in [1.82, 2.24) is 10.2 Å². The summed E-state index contributed by atoms with van der Waals surface area (Å²) in [7, 11) is 0. The van der Waals surface area contributed by atoms with Crippen LogP contribution in [0.5, 0.6) is 0 Å². The van der Waals surface area contributed by atoms with E-state index in [0.717, 1.165) is 49.5 Å². The molecule has 3 nitrogen and oxygen atoms in total. The molecular formula is C8H8N3NaS. The first-order valence-electron chi connectivity index (χ1n) is 4.09. The van der Waals surface area contributed by atoms with Crippen LogP contribution >= 0.6 is 11.3 Å². The van der Waals surface area contributed by atoms with Gasteiger partial charge < -0.3 is 0 Å². The molecule has 0 aromatic carbocycles. The standard InChI is InChI=1S/C8H8N3S.Na/c1-4-5(2)10-11-8-7(4)6(9)3-12-8;/h9H2,1-2H3;. The van der Waals surface area contributed by atoms with E-state index in [-0.39, 0.29) is 0 Å². The molecule has 2 N–H and O–H groups in total. The first-order valence-corrected chi connectivity index (χ1v) is 5.91. The van der Waals surface area contributed by atoms with Crippen molar-refractivity contribution in [3.05, 3.63) is 11.3 Å². The summed E-state index contributed by atoms with van der Waals surface area (Å²) in [5.41, 5.74) is 9.04. The van der Waals surface area contributed by atoms with Crippen molar-refractivity contribution < 1.29 is 0 Å². The second-order valence-electron chi connectivity index (χ2n) is 3.16. The van der Waals surface area contributed by atoms with Crippen molar-refractivity contribution in [2.24, 2.45) is 0 Å². The van der Waals surface area contributed by atoms with Gasteiger partial charge in [0.2, 0.25) is 0 Å². The second-order valence-corrected chi connectivity index (χ2v) is 6.09. The molecule has 0 saturated heterocycles. The molecule has 2 heterocycles. The summed E-state index contributed by atoms with van der Waals surface area (Å²) in [4.78, 5) is 0.977. The first kappa shape index (κ1) is 9.40. The Labute approximate surface area is 97.8 Å². The fraction of sp³-hybridized carbons (Fsp3) is 0.250. The molecule has 0 spiro atoms. The number of nitrogens with zero attached hydrogens (tertiary/aromatic N) is 2. The summed E-state index contributed by atoms with van der Waals surface area (Å²) in [5, 5.41) is 9.33. The molecule has 5 heteroatoms. The number of anilines is 1. The molecule has 2 aromatic rings. The van der Waals surface area contributed by atoms with Crippen molar-refractivity contribution >= 4 is 57.3 Å². The summed E-state index contributed by atoms with van der Waals surface area (Å²) in [6.45, 7) is 4.02. The van der Waals surface area contributed by atoms with Crippen LogP contribution < -0.4 is 7.86 Å². The Morgan fingerprint density at radius 1 is 1.31 bits per heavy atom. The van der Waals surface area contributed by atoms with E-state index in [1.54, 1.807) is 11.3 Å². The Balaban J connectivity index is 2.97. The zero-order chi connectivity index (χ0) is 9.59. The molecule has 0 aliphatic heterocycles. The van der Waals surface area contributed by atoms with Crippen LogP contribution in [0.15, 0.2) is 0 Å². The third-order valence-electron chi connectivity index (χ3n) is 2.32. The average Bonchev–Trinajstić information content (AvgIpc) is 2.37. The van der Waals surface area contributed by atoms with Gasteiger partial charge in [0.15, 0.2) is 0 Å². The minimum atomic E-state index is 0.919. The topological polar surface area (TPSA) is 51.8 Å². The molecule has 2 aromatic heterocycles. The molecule has 0 aliphatic carbocycles. The number of thiophene rings is 1. The second kappa shape index (κ2) is 3.20. The van der Waals surface area contributed by atoms with Gasteiger partial charge in [-0.3, -0.25) is 0 Å². The van der Waals surface area contributed by atoms with E-state index in [0.29, 0.717) is 0 Å². The van der Waals surface area contributed by atoms with Crippen LogP contribution in [-0.2, 0) is 0 Å². The van der Waals surface area contributed by atoms with Crippen molar-refractivity contribution in [3.63, 3.8) is 0 Å². The van der Waals surface area contributed by atoms with E-state index in [2.05, 4.69) is 17.1 Å². The van der Waals surface area contributed by atoms with Gasteiger partial charge in [0.25, 0.3) is 0 Å². The van der Waals surface area contributed by atoms with Gasteiger partial charge in [-0.25, -0.2) is 0 Å². The predicted molar refractivity (Wildman–Crippen MR) is 56.7 cm³/mol. The number of rotatable bonds is 0. The third kappa shape index (κ3) is 1.38. The zero-order valence-electron chi connectivity index (χ0n) is 7.88. The van der Waals surface area contributed by atoms with Crippen molar-refractivity contribution in [1.29, 1.82) is 0 Å². The Hall–Kier alpha value is -0.160. The monoisotopic (exact) mass is 201 g/mol. The quantitative estimate of drug-likeness (QED) is 0.638. The molecular weight excluding hydrogens is 193 g/mol. The van der Waals surface area contributed by atoms with Gasteiger partial charge in [-0.05, 0) is 0 Å². The molecule has 0 atom stereocenters. The van der Waals surface area contributed by atoms with E-state index in [9.17, 15) is 0 Å². The Morgan fingerprint density at radius 3 is 2.69 bits per heavy atom. The Morgan fingerprint density at radius 2 is 2.00 bits per heavy atom. The fourth-order valence-corrected chi connectivity index (χ4v) is 3.13. The van der Waals surface area contributed by atoms with Crippen LogP contribution in [0.1, 0.15) is 11.3 Å². The summed E-state index contributed by atoms with van der Waals surface area (Å²) < 4.78 is 1.26. The van der Waals surface area contributed by atoms with Crippen LogP contribution in [0.2, 0.25) is 0 Å². The molecule has 0 fully saturated rings. The SMILES string of the molecule is Cc1nnc2s[c]([Na])c(N)c2c1C. The normalized spacial score (nSPS) is 11.1. The fourth-order valence-electron chi connectivity index (χ4n) is 1.35. The Bertz CT molecular complexity index is 478. The van der Waals surface area contributed by atoms with E-state index >= 15 is 0 Å². The summed E-state index contributed by atoms with van der Waals surface area (Å²) in [6, 6.07) is 0. The van der Waals surface area contributed by atoms with Gasteiger partial charge in [0, 0.05) is 0 Å². The predicted octanol–water partition coefficient (Wildman–Crippen LogP) is 0.684. The van der Waals surface area contributed by atoms with Crippen LogP contribution in [-0.4, -0.2) is 38.1 Å². The summed E-state index contributed by atoms with van der Waals surface area (Å²) >= 11 is 2.65. The molecule has 0 unspecified atom stereocenters. The van der Waals surface area contributed by atoms with Crippen molar-refractivity contribution in [2.75, 3.05) is 5.73 Å². The number of nitrogens with two attached hydrogens (primary N) is 1. The van der Waals surface area contributed by atoms with Gasteiger partial charge in [-0.15, -0.1) is 0 Å². The molecule has 0 bridgehead atoms. The maximum atomic E-state index is 5.99. The third-order valence-corrected chi connectivity index (χ3v) is 4.48. The zero-order valence-corrected chi connectivity index (χ0v) is 10.7. The number of hydrogen-bond acceptors (Lipinski definition) is 4. The molecule has 0 aliphatic rings. The average molecular weight is 201 g/mol. The Kier molecular flexibility index (Phi) is 2.32. The number of hydrogen-bond donors (Lipinski definition) is 1. The van der Waals surface area contributed by atoms with E-state index in [1.807, 2.05) is 6.92 Å². The van der Waals surface area contributed by atoms with E-state index < -0.39 is 0 Å². The summed E-state index contributed by atoms with van der Waals surface area (Å²) in [5.74, 6) is 0. The molecule has 13 heavy (non-hydrogen) atoms. The molecule has 0 saturated carbocycles. The summed E-state index contributed by atoms with van der Waals surface area (Å²) in [6.07, 6.45) is 0. The van der Waals surface area contributed by atoms with Crippen molar-refractivity contribution in [3.8, 4) is 0 Å². The number of aryl methyl sites for hydroxylation is 2. The van der Waals surface area contributed by atoms with Gasteiger partial charge in [-0.1, -0.05) is 0 Å². The number of aromatic nitrogens is 2. The van der Waals surface area contributed by atoms with Crippen LogP contribution in [0.4, 0.5) is 5.69 Å². The number of fused-ring (bicyclic) bond motifs is 1. The maximum absolute atomic E-state index is 5.99. The number of nitrogen functional groups attached to an aromatic ring is 1. The molecule has 0 amide bonds. The van der Waals surface area contributed by atoms with E-state index in [4.69, 9.17) is 5.73 Å². The minimum absolute atomic E-state index is 0.919. The molecule has 2 rings (SSSR count).